The van der Waals surface area contributed by atoms with Crippen LogP contribution in [0, 0.1) is 23.7 Å². The SMILES string of the molecule is CC(C)CC(C)C(CC(F)(F)F)C(C)CS(=O)(=O)O. The van der Waals surface area contributed by atoms with Crippen molar-refractivity contribution in [1.82, 2.24) is 0 Å². The zero-order valence-electron chi connectivity index (χ0n) is 11.7. The van der Waals surface area contributed by atoms with Crippen molar-refractivity contribution in [2.24, 2.45) is 23.7 Å². The van der Waals surface area contributed by atoms with Gasteiger partial charge in [0.05, 0.1) is 5.75 Å². The lowest BCUT2D eigenvalue weighted by Gasteiger charge is -2.31. The van der Waals surface area contributed by atoms with Crippen LogP contribution >= 0.6 is 0 Å². The molecular formula is C12H23F3O3S. The first-order valence-electron chi connectivity index (χ1n) is 6.33. The van der Waals surface area contributed by atoms with Crippen LogP contribution in [0.2, 0.25) is 0 Å². The van der Waals surface area contributed by atoms with Crippen molar-refractivity contribution < 1.29 is 26.1 Å². The van der Waals surface area contributed by atoms with Crippen LogP contribution in [0.5, 0.6) is 0 Å². The molecule has 0 heterocycles. The zero-order valence-corrected chi connectivity index (χ0v) is 12.6. The molecule has 0 aromatic heterocycles. The van der Waals surface area contributed by atoms with E-state index in [4.69, 9.17) is 4.55 Å². The molecule has 3 unspecified atom stereocenters. The van der Waals surface area contributed by atoms with Crippen LogP contribution in [-0.4, -0.2) is 24.9 Å². The third-order valence-electron chi connectivity index (χ3n) is 3.25. The van der Waals surface area contributed by atoms with Crippen molar-refractivity contribution in [2.75, 3.05) is 5.75 Å². The van der Waals surface area contributed by atoms with E-state index in [9.17, 15) is 21.6 Å². The largest absolute Gasteiger partial charge is 0.389 e. The second-order valence-electron chi connectivity index (χ2n) is 5.82. The maximum atomic E-state index is 12.6. The Morgan fingerprint density at radius 1 is 1.05 bits per heavy atom. The van der Waals surface area contributed by atoms with Gasteiger partial charge in [0.25, 0.3) is 10.1 Å². The van der Waals surface area contributed by atoms with E-state index < -0.39 is 40.3 Å². The fraction of sp³-hybridized carbons (Fsp3) is 1.00. The first kappa shape index (κ1) is 18.7. The Hall–Kier alpha value is -0.300. The molecule has 0 saturated carbocycles. The van der Waals surface area contributed by atoms with Crippen molar-refractivity contribution in [3.8, 4) is 0 Å². The van der Waals surface area contributed by atoms with Crippen molar-refractivity contribution >= 4 is 10.1 Å². The lowest BCUT2D eigenvalue weighted by molar-refractivity contribution is -0.152. The van der Waals surface area contributed by atoms with Gasteiger partial charge in [0, 0.05) is 6.42 Å². The predicted octanol–water partition coefficient (Wildman–Crippen LogP) is 3.76. The first-order chi connectivity index (χ1) is 8.32. The highest BCUT2D eigenvalue weighted by molar-refractivity contribution is 7.85. The molecule has 0 fully saturated rings. The minimum atomic E-state index is -4.33. The third kappa shape index (κ3) is 9.27. The highest BCUT2D eigenvalue weighted by atomic mass is 32.2. The summed E-state index contributed by atoms with van der Waals surface area (Å²) >= 11 is 0. The van der Waals surface area contributed by atoms with Gasteiger partial charge in [-0.3, -0.25) is 4.55 Å². The molecule has 0 amide bonds. The standard InChI is InChI=1S/C12H23F3O3S/c1-8(2)5-9(3)11(6-12(13,14)15)10(4)7-19(16,17)18/h8-11H,5-7H2,1-4H3,(H,16,17,18). The summed E-state index contributed by atoms with van der Waals surface area (Å²) in [6.45, 7) is 6.97. The Kier molecular flexibility index (Phi) is 6.82. The lowest BCUT2D eigenvalue weighted by atomic mass is 9.78. The van der Waals surface area contributed by atoms with E-state index in [-0.39, 0.29) is 11.8 Å². The van der Waals surface area contributed by atoms with Gasteiger partial charge in [0.2, 0.25) is 0 Å². The van der Waals surface area contributed by atoms with Crippen molar-refractivity contribution in [2.45, 2.75) is 46.7 Å². The Labute approximate surface area is 113 Å². The fourth-order valence-corrected chi connectivity index (χ4v) is 3.52. The van der Waals surface area contributed by atoms with Crippen LogP contribution in [0.25, 0.3) is 0 Å². The molecule has 19 heavy (non-hydrogen) atoms. The molecule has 0 aromatic rings. The summed E-state index contributed by atoms with van der Waals surface area (Å²) in [6.07, 6.45) is -4.75. The topological polar surface area (TPSA) is 54.4 Å². The molecule has 0 spiro atoms. The lowest BCUT2D eigenvalue weighted by Crippen LogP contribution is -2.31. The van der Waals surface area contributed by atoms with E-state index in [0.29, 0.717) is 6.42 Å². The Balaban J connectivity index is 4.94. The molecule has 0 bridgehead atoms. The van der Waals surface area contributed by atoms with Gasteiger partial charge in [-0.1, -0.05) is 27.7 Å². The molecular weight excluding hydrogens is 281 g/mol. The zero-order chi connectivity index (χ0) is 15.4. The van der Waals surface area contributed by atoms with Gasteiger partial charge < -0.3 is 0 Å². The van der Waals surface area contributed by atoms with E-state index in [1.165, 1.54) is 6.92 Å². The Morgan fingerprint density at radius 2 is 1.53 bits per heavy atom. The van der Waals surface area contributed by atoms with Crippen LogP contribution in [-0.2, 0) is 10.1 Å². The minimum absolute atomic E-state index is 0.240. The van der Waals surface area contributed by atoms with Crippen LogP contribution in [0.4, 0.5) is 13.2 Å². The van der Waals surface area contributed by atoms with Crippen LogP contribution in [0.3, 0.4) is 0 Å². The summed E-state index contributed by atoms with van der Waals surface area (Å²) in [6, 6.07) is 0. The summed E-state index contributed by atoms with van der Waals surface area (Å²) in [5, 5.41) is 0. The normalized spacial score (nSPS) is 18.4. The van der Waals surface area contributed by atoms with Gasteiger partial charge in [-0.15, -0.1) is 0 Å². The number of hydrogen-bond acceptors (Lipinski definition) is 2. The van der Waals surface area contributed by atoms with Crippen LogP contribution in [0.15, 0.2) is 0 Å². The average Bonchev–Trinajstić information content (AvgIpc) is 2.08. The van der Waals surface area contributed by atoms with Crippen molar-refractivity contribution in [1.29, 1.82) is 0 Å². The maximum Gasteiger partial charge on any atom is 0.389 e. The molecule has 0 aliphatic carbocycles. The fourth-order valence-electron chi connectivity index (χ4n) is 2.60. The average molecular weight is 304 g/mol. The quantitative estimate of drug-likeness (QED) is 0.729. The van der Waals surface area contributed by atoms with Gasteiger partial charge in [-0.25, -0.2) is 0 Å². The molecule has 0 aliphatic rings. The highest BCUT2D eigenvalue weighted by Gasteiger charge is 2.38. The van der Waals surface area contributed by atoms with Crippen LogP contribution < -0.4 is 0 Å². The molecule has 1 N–H and O–H groups in total. The molecule has 3 atom stereocenters. The Morgan fingerprint density at radius 3 is 1.84 bits per heavy atom. The van der Waals surface area contributed by atoms with Gasteiger partial charge in [0.1, 0.15) is 0 Å². The minimum Gasteiger partial charge on any atom is -0.286 e. The molecule has 0 aromatic carbocycles. The number of alkyl halides is 3. The van der Waals surface area contributed by atoms with Crippen molar-refractivity contribution in [3.05, 3.63) is 0 Å². The van der Waals surface area contributed by atoms with E-state index in [2.05, 4.69) is 0 Å². The smallest absolute Gasteiger partial charge is 0.286 e. The summed E-state index contributed by atoms with van der Waals surface area (Å²) in [5.74, 6) is -2.17. The number of rotatable bonds is 7. The molecule has 0 rings (SSSR count). The molecule has 0 aliphatic heterocycles. The third-order valence-corrected chi connectivity index (χ3v) is 4.19. The van der Waals surface area contributed by atoms with Gasteiger partial charge in [0.15, 0.2) is 0 Å². The van der Waals surface area contributed by atoms with E-state index in [1.807, 2.05) is 13.8 Å². The highest BCUT2D eigenvalue weighted by Crippen LogP contribution is 2.36. The molecule has 116 valence electrons. The summed E-state index contributed by atoms with van der Waals surface area (Å²) < 4.78 is 68.2. The summed E-state index contributed by atoms with van der Waals surface area (Å²) in [5.41, 5.74) is 0. The first-order valence-corrected chi connectivity index (χ1v) is 7.94. The van der Waals surface area contributed by atoms with E-state index in [1.54, 1.807) is 6.92 Å². The van der Waals surface area contributed by atoms with Gasteiger partial charge in [-0.2, -0.15) is 21.6 Å². The van der Waals surface area contributed by atoms with Crippen LogP contribution in [0.1, 0.15) is 40.5 Å². The summed E-state index contributed by atoms with van der Waals surface area (Å²) in [7, 11) is -4.25. The van der Waals surface area contributed by atoms with E-state index >= 15 is 0 Å². The Bertz CT molecular complexity index is 363. The number of hydrogen-bond donors (Lipinski definition) is 1. The van der Waals surface area contributed by atoms with Gasteiger partial charge in [-0.05, 0) is 30.1 Å². The predicted molar refractivity (Wildman–Crippen MR) is 68.4 cm³/mol. The molecule has 0 radical (unpaired) electrons. The molecule has 3 nitrogen and oxygen atoms in total. The summed E-state index contributed by atoms with van der Waals surface area (Å²) in [4.78, 5) is 0. The van der Waals surface area contributed by atoms with Gasteiger partial charge >= 0.3 is 6.18 Å². The van der Waals surface area contributed by atoms with Crippen molar-refractivity contribution in [3.63, 3.8) is 0 Å². The second-order valence-corrected chi connectivity index (χ2v) is 7.31. The molecule has 0 saturated heterocycles. The molecule has 7 heteroatoms. The monoisotopic (exact) mass is 304 g/mol. The second kappa shape index (κ2) is 6.92. The van der Waals surface area contributed by atoms with E-state index in [0.717, 1.165) is 0 Å². The maximum absolute atomic E-state index is 12.6. The number of halogens is 3.